The summed E-state index contributed by atoms with van der Waals surface area (Å²) in [5.41, 5.74) is 10.0. The zero-order valence-corrected chi connectivity index (χ0v) is 26.5. The number of nitrogens with zero attached hydrogens (tertiary/aromatic N) is 2. The Morgan fingerprint density at radius 2 is 1.04 bits per heavy atom. The lowest BCUT2D eigenvalue weighted by Crippen LogP contribution is -1.93. The van der Waals surface area contributed by atoms with E-state index in [2.05, 4.69) is 167 Å². The van der Waals surface area contributed by atoms with Gasteiger partial charge in [0.25, 0.3) is 0 Å². The van der Waals surface area contributed by atoms with Crippen LogP contribution in [-0.2, 0) is 0 Å². The van der Waals surface area contributed by atoms with Crippen molar-refractivity contribution >= 4 is 86.3 Å². The van der Waals surface area contributed by atoms with Gasteiger partial charge in [-0.25, -0.2) is 0 Å². The summed E-state index contributed by atoms with van der Waals surface area (Å²) in [6.45, 7) is 0. The van der Waals surface area contributed by atoms with Crippen molar-refractivity contribution in [3.05, 3.63) is 158 Å². The number of furan rings is 1. The van der Waals surface area contributed by atoms with Crippen LogP contribution >= 0.6 is 11.3 Å². The predicted molar refractivity (Wildman–Crippen MR) is 203 cm³/mol. The van der Waals surface area contributed by atoms with Gasteiger partial charge in [0.1, 0.15) is 5.58 Å². The van der Waals surface area contributed by atoms with E-state index < -0.39 is 0 Å². The largest absolute Gasteiger partial charge is 0.439 e. The Balaban J connectivity index is 1.16. The molecule has 3 nitrogen and oxygen atoms in total. The van der Waals surface area contributed by atoms with Crippen molar-refractivity contribution in [1.82, 2.24) is 9.13 Å². The molecule has 7 aromatic carbocycles. The maximum absolute atomic E-state index is 6.72. The molecule has 0 radical (unpaired) electrons. The lowest BCUT2D eigenvalue weighted by Gasteiger charge is -2.08. The van der Waals surface area contributed by atoms with Gasteiger partial charge < -0.3 is 8.98 Å². The number of thiophene rings is 1. The highest BCUT2D eigenvalue weighted by Gasteiger charge is 2.22. The Bertz CT molecular complexity index is 3010. The van der Waals surface area contributed by atoms with Crippen molar-refractivity contribution < 1.29 is 4.42 Å². The highest BCUT2D eigenvalue weighted by molar-refractivity contribution is 7.25. The summed E-state index contributed by atoms with van der Waals surface area (Å²) in [7, 11) is 0. The standard InChI is InChI=1S/C44H26N2OS/c1-2-11-28(12-3-1)46-38-19-9-6-15-33(38)43-42-30(16-10-20-39(42)47-44(43)46)27-21-23-40-34(25-27)35-26-29(22-24-41(35)48-40)45-36-17-7-4-13-31(36)32-14-5-8-18-37(32)45/h1-26H. The Hall–Kier alpha value is -6.10. The van der Waals surface area contributed by atoms with Gasteiger partial charge in [-0.3, -0.25) is 4.57 Å². The zero-order chi connectivity index (χ0) is 31.3. The molecule has 0 atom stereocenters. The van der Waals surface area contributed by atoms with Gasteiger partial charge in [-0.2, -0.15) is 0 Å². The molecule has 0 spiro atoms. The van der Waals surface area contributed by atoms with Crippen LogP contribution in [-0.4, -0.2) is 9.13 Å². The van der Waals surface area contributed by atoms with Crippen molar-refractivity contribution in [3.8, 4) is 22.5 Å². The molecule has 0 aliphatic rings. The molecular weight excluding hydrogens is 605 g/mol. The van der Waals surface area contributed by atoms with Gasteiger partial charge in [-0.05, 0) is 77.9 Å². The summed E-state index contributed by atoms with van der Waals surface area (Å²) in [5, 5.41) is 8.62. The van der Waals surface area contributed by atoms with E-state index in [0.717, 1.165) is 33.3 Å². The van der Waals surface area contributed by atoms with Crippen molar-refractivity contribution in [2.45, 2.75) is 0 Å². The number of rotatable bonds is 3. The Morgan fingerprint density at radius 1 is 0.417 bits per heavy atom. The summed E-state index contributed by atoms with van der Waals surface area (Å²) in [6, 6.07) is 56.9. The third-order valence-corrected chi connectivity index (χ3v) is 11.1. The van der Waals surface area contributed by atoms with Gasteiger partial charge in [-0.1, -0.05) is 91.0 Å². The minimum atomic E-state index is 0.878. The first-order valence-electron chi connectivity index (χ1n) is 16.3. The number of hydrogen-bond acceptors (Lipinski definition) is 2. The van der Waals surface area contributed by atoms with E-state index in [1.165, 1.54) is 64.2 Å². The van der Waals surface area contributed by atoms with Crippen LogP contribution in [0, 0.1) is 0 Å². The summed E-state index contributed by atoms with van der Waals surface area (Å²) in [6.07, 6.45) is 0. The minimum absolute atomic E-state index is 0.878. The van der Waals surface area contributed by atoms with Crippen LogP contribution in [0.3, 0.4) is 0 Å². The molecule has 0 N–H and O–H groups in total. The maximum atomic E-state index is 6.72. The van der Waals surface area contributed by atoms with E-state index in [-0.39, 0.29) is 0 Å². The number of para-hydroxylation sites is 4. The molecule has 0 unspecified atom stereocenters. The van der Waals surface area contributed by atoms with Crippen molar-refractivity contribution in [2.24, 2.45) is 0 Å². The number of fused-ring (bicyclic) bond motifs is 11. The summed E-state index contributed by atoms with van der Waals surface area (Å²) in [5.74, 6) is 0. The summed E-state index contributed by atoms with van der Waals surface area (Å²) in [4.78, 5) is 0. The lowest BCUT2D eigenvalue weighted by atomic mass is 9.97. The smallest absolute Gasteiger partial charge is 0.213 e. The normalized spacial score (nSPS) is 12.2. The van der Waals surface area contributed by atoms with Gasteiger partial charge in [0.15, 0.2) is 0 Å². The SMILES string of the molecule is c1ccc(-n2c3ccccc3c3c4c(-c5ccc6sc7ccc(-n8c9ccccc9c9ccccc98)cc7c6c5)cccc4oc32)cc1. The van der Waals surface area contributed by atoms with E-state index >= 15 is 0 Å². The summed E-state index contributed by atoms with van der Waals surface area (Å²) < 4.78 is 14.0. The molecule has 11 aromatic rings. The third kappa shape index (κ3) is 3.52. The molecule has 0 aliphatic heterocycles. The van der Waals surface area contributed by atoms with E-state index in [1.54, 1.807) is 0 Å². The Kier molecular flexibility index (Phi) is 5.26. The minimum Gasteiger partial charge on any atom is -0.439 e. The third-order valence-electron chi connectivity index (χ3n) is 9.93. The van der Waals surface area contributed by atoms with Crippen LogP contribution in [0.25, 0.3) is 97.5 Å². The van der Waals surface area contributed by atoms with Gasteiger partial charge in [0, 0.05) is 53.1 Å². The molecule has 0 bridgehead atoms. The molecule has 0 saturated heterocycles. The quantitative estimate of drug-likeness (QED) is 0.190. The second kappa shape index (κ2) is 9.71. The molecule has 0 fully saturated rings. The van der Waals surface area contributed by atoms with Crippen molar-refractivity contribution in [1.29, 1.82) is 0 Å². The van der Waals surface area contributed by atoms with Crippen molar-refractivity contribution in [2.75, 3.05) is 0 Å². The van der Waals surface area contributed by atoms with E-state index in [4.69, 9.17) is 4.42 Å². The molecule has 0 amide bonds. The predicted octanol–water partition coefficient (Wildman–Crippen LogP) is 12.7. The van der Waals surface area contributed by atoms with E-state index in [0.29, 0.717) is 0 Å². The van der Waals surface area contributed by atoms with Crippen molar-refractivity contribution in [3.63, 3.8) is 0 Å². The topological polar surface area (TPSA) is 23.0 Å². The Labute approximate surface area is 279 Å². The molecular formula is C44H26N2OS. The molecule has 48 heavy (non-hydrogen) atoms. The lowest BCUT2D eigenvalue weighted by molar-refractivity contribution is 0.645. The number of benzene rings is 7. The fraction of sp³-hybridized carbons (Fsp3) is 0. The first kappa shape index (κ1) is 26.0. The highest BCUT2D eigenvalue weighted by atomic mass is 32.1. The molecule has 4 heteroatoms. The molecule has 4 heterocycles. The van der Waals surface area contributed by atoms with Gasteiger partial charge >= 0.3 is 0 Å². The summed E-state index contributed by atoms with van der Waals surface area (Å²) >= 11 is 1.86. The second-order valence-corrected chi connectivity index (χ2v) is 13.6. The molecule has 224 valence electrons. The average Bonchev–Trinajstić information content (AvgIpc) is 3.88. The second-order valence-electron chi connectivity index (χ2n) is 12.5. The van der Waals surface area contributed by atoms with E-state index in [1.807, 2.05) is 11.3 Å². The number of aromatic nitrogens is 2. The molecule has 4 aromatic heterocycles. The van der Waals surface area contributed by atoms with E-state index in [9.17, 15) is 0 Å². The fourth-order valence-corrected chi connectivity index (χ4v) is 8.95. The zero-order valence-electron chi connectivity index (χ0n) is 25.7. The first-order chi connectivity index (χ1) is 23.8. The van der Waals surface area contributed by atoms with Crippen LogP contribution in [0.4, 0.5) is 0 Å². The Morgan fingerprint density at radius 3 is 1.79 bits per heavy atom. The van der Waals surface area contributed by atoms with Crippen LogP contribution in [0.1, 0.15) is 0 Å². The highest BCUT2D eigenvalue weighted by Crippen LogP contribution is 2.45. The van der Waals surface area contributed by atoms with Crippen LogP contribution in [0.15, 0.2) is 162 Å². The van der Waals surface area contributed by atoms with Gasteiger partial charge in [0.05, 0.1) is 21.9 Å². The molecule has 0 saturated carbocycles. The van der Waals surface area contributed by atoms with Crippen LogP contribution in [0.5, 0.6) is 0 Å². The van der Waals surface area contributed by atoms with Crippen LogP contribution < -0.4 is 0 Å². The molecule has 11 rings (SSSR count). The van der Waals surface area contributed by atoms with Gasteiger partial charge in [-0.15, -0.1) is 11.3 Å². The molecule has 0 aliphatic carbocycles. The monoisotopic (exact) mass is 630 g/mol. The average molecular weight is 631 g/mol. The van der Waals surface area contributed by atoms with Gasteiger partial charge in [0.2, 0.25) is 5.71 Å². The fourth-order valence-electron chi connectivity index (χ4n) is 7.88. The maximum Gasteiger partial charge on any atom is 0.213 e. The number of hydrogen-bond donors (Lipinski definition) is 0. The van der Waals surface area contributed by atoms with Crippen LogP contribution in [0.2, 0.25) is 0 Å². The first-order valence-corrected chi connectivity index (χ1v) is 17.1.